The molecule has 4 aliphatic carbocycles. The highest BCUT2D eigenvalue weighted by Gasteiger charge is 2.70. The highest BCUT2D eigenvalue weighted by Crippen LogP contribution is 2.67. The molecule has 3 saturated carbocycles. The molecule has 4 aliphatic rings. The molecule has 7 atom stereocenters. The van der Waals surface area contributed by atoms with E-state index in [4.69, 9.17) is 9.47 Å². The Morgan fingerprint density at radius 3 is 2.63 bits per heavy atom. The largest absolute Gasteiger partial charge is 0.458 e. The number of ether oxygens (including phenoxy) is 2. The summed E-state index contributed by atoms with van der Waals surface area (Å²) in [7, 11) is 0. The van der Waals surface area contributed by atoms with Crippen LogP contribution in [0.2, 0.25) is 0 Å². The van der Waals surface area contributed by atoms with E-state index >= 15 is 0 Å². The van der Waals surface area contributed by atoms with Gasteiger partial charge in [-0.15, -0.1) is 0 Å². The summed E-state index contributed by atoms with van der Waals surface area (Å²) in [6.45, 7) is 6.86. The van der Waals surface area contributed by atoms with Crippen molar-refractivity contribution in [3.05, 3.63) is 23.8 Å². The molecule has 0 unspecified atom stereocenters. The summed E-state index contributed by atoms with van der Waals surface area (Å²) >= 11 is 0. The van der Waals surface area contributed by atoms with E-state index in [0.29, 0.717) is 25.7 Å². The second-order valence-electron chi connectivity index (χ2n) is 11.4. The molecule has 0 aliphatic heterocycles. The first-order chi connectivity index (χ1) is 16.5. The SMILES string of the molecule is CCCCC(=O)O[C@]1(C(=O)COC(C)=O)CC[C@H]2[C@@H]3CCC4=CC(=O)C=C[C@]4(C)[C@H]3[C@H](O)C[C@@]21C. The van der Waals surface area contributed by atoms with Gasteiger partial charge < -0.3 is 14.6 Å². The molecule has 0 amide bonds. The second-order valence-corrected chi connectivity index (χ2v) is 11.4. The van der Waals surface area contributed by atoms with Crippen LogP contribution >= 0.6 is 0 Å². The minimum absolute atomic E-state index is 0.0130. The Morgan fingerprint density at radius 1 is 1.20 bits per heavy atom. The Morgan fingerprint density at radius 2 is 1.94 bits per heavy atom. The molecule has 0 heterocycles. The third-order valence-electron chi connectivity index (χ3n) is 9.50. The Bertz CT molecular complexity index is 980. The summed E-state index contributed by atoms with van der Waals surface area (Å²) in [5.41, 5.74) is -1.56. The molecule has 35 heavy (non-hydrogen) atoms. The summed E-state index contributed by atoms with van der Waals surface area (Å²) < 4.78 is 11.1. The number of aliphatic hydroxyl groups excluding tert-OH is 1. The van der Waals surface area contributed by atoms with Crippen LogP contribution in [0.1, 0.15) is 79.1 Å². The number of rotatable bonds is 7. The molecule has 7 nitrogen and oxygen atoms in total. The fourth-order valence-corrected chi connectivity index (χ4v) is 7.85. The zero-order valence-electron chi connectivity index (χ0n) is 21.3. The van der Waals surface area contributed by atoms with Gasteiger partial charge in [0.25, 0.3) is 0 Å². The van der Waals surface area contributed by atoms with Crippen molar-refractivity contribution in [1.82, 2.24) is 0 Å². The first-order valence-electron chi connectivity index (χ1n) is 13.0. The quantitative estimate of drug-likeness (QED) is 0.544. The topological polar surface area (TPSA) is 107 Å². The van der Waals surface area contributed by atoms with E-state index in [0.717, 1.165) is 24.8 Å². The number of hydrogen-bond donors (Lipinski definition) is 1. The maximum atomic E-state index is 13.6. The van der Waals surface area contributed by atoms with Crippen molar-refractivity contribution in [3.63, 3.8) is 0 Å². The number of hydrogen-bond acceptors (Lipinski definition) is 7. The molecule has 0 aromatic rings. The van der Waals surface area contributed by atoms with E-state index in [1.807, 2.05) is 19.9 Å². The van der Waals surface area contributed by atoms with Crippen molar-refractivity contribution in [2.45, 2.75) is 90.8 Å². The average Bonchev–Trinajstić information content (AvgIpc) is 3.08. The third-order valence-corrected chi connectivity index (χ3v) is 9.50. The van der Waals surface area contributed by atoms with Gasteiger partial charge in [-0.1, -0.05) is 38.8 Å². The first kappa shape index (κ1) is 25.8. The van der Waals surface area contributed by atoms with Crippen LogP contribution in [-0.4, -0.2) is 46.9 Å². The molecule has 0 radical (unpaired) electrons. The Labute approximate surface area is 207 Å². The minimum Gasteiger partial charge on any atom is -0.458 e. The maximum absolute atomic E-state index is 13.6. The van der Waals surface area contributed by atoms with E-state index < -0.39 is 46.9 Å². The van der Waals surface area contributed by atoms with E-state index in [-0.39, 0.29) is 30.0 Å². The van der Waals surface area contributed by atoms with Crippen LogP contribution in [0.4, 0.5) is 0 Å². The zero-order chi connectivity index (χ0) is 25.6. The number of aliphatic hydroxyl groups is 1. The Balaban J connectivity index is 1.70. The molecular weight excluding hydrogens is 448 g/mol. The van der Waals surface area contributed by atoms with Gasteiger partial charge >= 0.3 is 11.9 Å². The number of carbonyl (C=O) groups excluding carboxylic acids is 4. The lowest BCUT2D eigenvalue weighted by atomic mass is 9.46. The molecule has 0 aromatic heterocycles. The highest BCUT2D eigenvalue weighted by molar-refractivity contribution is 6.01. The predicted octanol–water partition coefficient (Wildman–Crippen LogP) is 3.87. The fraction of sp³-hybridized carbons (Fsp3) is 0.714. The van der Waals surface area contributed by atoms with Crippen LogP contribution in [0.25, 0.3) is 0 Å². The van der Waals surface area contributed by atoms with Gasteiger partial charge in [-0.05, 0) is 62.5 Å². The van der Waals surface area contributed by atoms with Crippen molar-refractivity contribution in [2.24, 2.45) is 28.6 Å². The molecule has 0 spiro atoms. The minimum atomic E-state index is -1.43. The number of unbranched alkanes of at least 4 members (excludes halogenated alkanes) is 1. The molecule has 192 valence electrons. The Hall–Kier alpha value is -2.28. The van der Waals surface area contributed by atoms with Crippen molar-refractivity contribution in [2.75, 3.05) is 6.61 Å². The molecule has 0 saturated heterocycles. The maximum Gasteiger partial charge on any atom is 0.306 e. The van der Waals surface area contributed by atoms with Crippen molar-refractivity contribution in [1.29, 1.82) is 0 Å². The molecule has 7 heteroatoms. The van der Waals surface area contributed by atoms with Crippen LogP contribution in [0.3, 0.4) is 0 Å². The summed E-state index contributed by atoms with van der Waals surface area (Å²) in [6, 6.07) is 0. The van der Waals surface area contributed by atoms with Gasteiger partial charge in [-0.25, -0.2) is 0 Å². The number of esters is 2. The molecule has 4 rings (SSSR count). The van der Waals surface area contributed by atoms with Gasteiger partial charge in [-0.3, -0.25) is 19.2 Å². The van der Waals surface area contributed by atoms with Gasteiger partial charge in [0.15, 0.2) is 18.0 Å². The van der Waals surface area contributed by atoms with Gasteiger partial charge in [0.1, 0.15) is 0 Å². The van der Waals surface area contributed by atoms with Crippen LogP contribution < -0.4 is 0 Å². The van der Waals surface area contributed by atoms with E-state index in [2.05, 4.69) is 6.92 Å². The van der Waals surface area contributed by atoms with Gasteiger partial charge in [0.2, 0.25) is 5.78 Å². The summed E-state index contributed by atoms with van der Waals surface area (Å²) in [6.07, 6.45) is 9.17. The lowest BCUT2D eigenvalue weighted by molar-refractivity contribution is -0.201. The second kappa shape index (κ2) is 9.30. The van der Waals surface area contributed by atoms with Gasteiger partial charge in [0.05, 0.1) is 6.10 Å². The predicted molar refractivity (Wildman–Crippen MR) is 128 cm³/mol. The number of ketones is 2. The van der Waals surface area contributed by atoms with Crippen molar-refractivity contribution < 1.29 is 33.8 Å². The number of fused-ring (bicyclic) bond motifs is 5. The third kappa shape index (κ3) is 4.09. The monoisotopic (exact) mass is 486 g/mol. The van der Waals surface area contributed by atoms with Crippen LogP contribution in [0.15, 0.2) is 23.8 Å². The first-order valence-corrected chi connectivity index (χ1v) is 13.0. The number of Topliss-reactive ketones (excluding diaryl/α,β-unsaturated/α-hetero) is 1. The van der Waals surface area contributed by atoms with Crippen LogP contribution in [-0.2, 0) is 28.7 Å². The van der Waals surface area contributed by atoms with Crippen LogP contribution in [0.5, 0.6) is 0 Å². The van der Waals surface area contributed by atoms with Gasteiger partial charge in [-0.2, -0.15) is 0 Å². The number of allylic oxidation sites excluding steroid dienone is 4. The number of carbonyl (C=O) groups is 4. The zero-order valence-corrected chi connectivity index (χ0v) is 21.3. The fourth-order valence-electron chi connectivity index (χ4n) is 7.85. The standard InChI is InChI=1S/C28H38O7/c1-5-6-7-24(33)35-28(23(32)16-34-17(2)29)13-11-21-20-9-8-18-14-19(30)10-12-26(18,3)25(20)22(31)15-27(21,28)4/h10,12,14,20-22,25,31H,5-9,11,13,15-16H2,1-4H3/t20-,21-,22+,25+,26-,27-,28-/m0/s1. The van der Waals surface area contributed by atoms with Gasteiger partial charge in [0, 0.05) is 30.1 Å². The van der Waals surface area contributed by atoms with Crippen LogP contribution in [0, 0.1) is 28.6 Å². The smallest absolute Gasteiger partial charge is 0.306 e. The van der Waals surface area contributed by atoms with Crippen molar-refractivity contribution >= 4 is 23.5 Å². The average molecular weight is 487 g/mol. The summed E-state index contributed by atoms with van der Waals surface area (Å²) in [5.74, 6) is -1.31. The van der Waals surface area contributed by atoms with E-state index in [1.165, 1.54) is 6.92 Å². The Kier molecular flexibility index (Phi) is 6.86. The molecule has 0 bridgehead atoms. The molecular formula is C28H38O7. The lowest BCUT2D eigenvalue weighted by Gasteiger charge is -2.59. The summed E-state index contributed by atoms with van der Waals surface area (Å²) in [5, 5.41) is 11.6. The highest BCUT2D eigenvalue weighted by atomic mass is 16.6. The lowest BCUT2D eigenvalue weighted by Crippen LogP contribution is -2.63. The molecule has 3 fully saturated rings. The van der Waals surface area contributed by atoms with E-state index in [9.17, 15) is 24.3 Å². The normalized spacial score (nSPS) is 39.7. The van der Waals surface area contributed by atoms with E-state index in [1.54, 1.807) is 12.2 Å². The molecule has 0 aromatic carbocycles. The van der Waals surface area contributed by atoms with Crippen molar-refractivity contribution in [3.8, 4) is 0 Å². The summed E-state index contributed by atoms with van der Waals surface area (Å²) in [4.78, 5) is 50.0. The molecule has 1 N–H and O–H groups in total.